The van der Waals surface area contributed by atoms with E-state index in [1.54, 1.807) is 6.20 Å². The molecule has 0 aliphatic rings. The second kappa shape index (κ2) is 5.90. The zero-order chi connectivity index (χ0) is 7.82. The lowest BCUT2D eigenvalue weighted by molar-refractivity contribution is 1.17. The molecule has 0 atom stereocenters. The quantitative estimate of drug-likeness (QED) is 0.600. The van der Waals surface area contributed by atoms with Crippen molar-refractivity contribution in [2.24, 2.45) is 5.73 Å². The summed E-state index contributed by atoms with van der Waals surface area (Å²) in [5.74, 6) is 0. The highest BCUT2D eigenvalue weighted by Crippen LogP contribution is 1.98. The third-order valence-corrected chi connectivity index (χ3v) is 1.10. The molecule has 0 saturated heterocycles. The lowest BCUT2D eigenvalue weighted by Crippen LogP contribution is -1.81. The Bertz CT molecular complexity index is 172. The van der Waals surface area contributed by atoms with E-state index in [1.807, 2.05) is 25.1 Å². The van der Waals surface area contributed by atoms with Gasteiger partial charge in [-0.25, -0.2) is 0 Å². The van der Waals surface area contributed by atoms with Crippen LogP contribution in [-0.4, -0.2) is 0 Å². The molecule has 0 aromatic rings. The monoisotopic (exact) mass is 136 g/mol. The molecule has 0 aliphatic carbocycles. The second-order valence-electron chi connectivity index (χ2n) is 2.05. The van der Waals surface area contributed by atoms with E-state index in [1.165, 1.54) is 0 Å². The van der Waals surface area contributed by atoms with Crippen molar-refractivity contribution >= 4 is 0 Å². The number of nitrogens with zero attached hydrogens (tertiary/aromatic N) is 1. The standard InChI is InChI=1S/C8H12N2/c1-8(7-10)5-3-2-4-6-9/h2-3,7H,4-5,10H2,1H3/b3-2-,8-7-. The molecule has 2 N–H and O–H groups in total. The summed E-state index contributed by atoms with van der Waals surface area (Å²) in [5.41, 5.74) is 6.35. The normalized spacial score (nSPS) is 11.8. The molecule has 0 spiro atoms. The molecular weight excluding hydrogens is 124 g/mol. The summed E-state index contributed by atoms with van der Waals surface area (Å²) in [6.45, 7) is 1.96. The molecule has 2 heteroatoms. The minimum absolute atomic E-state index is 0.484. The van der Waals surface area contributed by atoms with Gasteiger partial charge in [-0.3, -0.25) is 0 Å². The average Bonchev–Trinajstić information content (AvgIpc) is 1.98. The fourth-order valence-electron chi connectivity index (χ4n) is 0.473. The van der Waals surface area contributed by atoms with Gasteiger partial charge in [0.05, 0.1) is 12.5 Å². The first-order valence-corrected chi connectivity index (χ1v) is 3.20. The molecule has 2 nitrogen and oxygen atoms in total. The average molecular weight is 136 g/mol. The van der Waals surface area contributed by atoms with Crippen LogP contribution < -0.4 is 5.73 Å². The molecule has 0 fully saturated rings. The number of allylic oxidation sites excluding steroid dienone is 3. The van der Waals surface area contributed by atoms with Crippen molar-refractivity contribution in [1.29, 1.82) is 5.26 Å². The Morgan fingerprint density at radius 3 is 2.80 bits per heavy atom. The van der Waals surface area contributed by atoms with Gasteiger partial charge in [0.25, 0.3) is 0 Å². The highest BCUT2D eigenvalue weighted by atomic mass is 14.5. The predicted octanol–water partition coefficient (Wildman–Crippen LogP) is 1.71. The summed E-state index contributed by atoms with van der Waals surface area (Å²) in [7, 11) is 0. The topological polar surface area (TPSA) is 49.8 Å². The molecule has 0 rings (SSSR count). The number of nitrogens with two attached hydrogens (primary N) is 1. The first kappa shape index (κ1) is 8.77. The molecule has 0 aromatic carbocycles. The minimum atomic E-state index is 0.484. The Hall–Kier alpha value is -1.23. The van der Waals surface area contributed by atoms with Crippen LogP contribution in [0.1, 0.15) is 19.8 Å². The molecule has 0 aromatic heterocycles. The van der Waals surface area contributed by atoms with Crippen molar-refractivity contribution in [3.63, 3.8) is 0 Å². The largest absolute Gasteiger partial charge is 0.405 e. The minimum Gasteiger partial charge on any atom is -0.405 e. The van der Waals surface area contributed by atoms with E-state index < -0.39 is 0 Å². The molecule has 0 aliphatic heterocycles. The van der Waals surface area contributed by atoms with Crippen LogP contribution >= 0.6 is 0 Å². The van der Waals surface area contributed by atoms with E-state index in [9.17, 15) is 0 Å². The van der Waals surface area contributed by atoms with Gasteiger partial charge in [-0.15, -0.1) is 0 Å². The fourth-order valence-corrected chi connectivity index (χ4v) is 0.473. The zero-order valence-corrected chi connectivity index (χ0v) is 6.17. The zero-order valence-electron chi connectivity index (χ0n) is 6.17. The molecule has 10 heavy (non-hydrogen) atoms. The Balaban J connectivity index is 3.46. The van der Waals surface area contributed by atoms with Crippen molar-refractivity contribution in [2.75, 3.05) is 0 Å². The molecule has 0 bridgehead atoms. The van der Waals surface area contributed by atoms with Gasteiger partial charge in [-0.1, -0.05) is 17.7 Å². The van der Waals surface area contributed by atoms with Crippen molar-refractivity contribution in [1.82, 2.24) is 0 Å². The van der Waals surface area contributed by atoms with Crippen LogP contribution in [0.4, 0.5) is 0 Å². The van der Waals surface area contributed by atoms with Gasteiger partial charge in [0.15, 0.2) is 0 Å². The number of nitriles is 1. The maximum Gasteiger partial charge on any atom is 0.0663 e. The summed E-state index contributed by atoms with van der Waals surface area (Å²) in [4.78, 5) is 0. The highest BCUT2D eigenvalue weighted by molar-refractivity contribution is 5.03. The molecule has 0 heterocycles. The SMILES string of the molecule is C/C(=C/N)C/C=C\CC#N. The maximum absolute atomic E-state index is 8.15. The lowest BCUT2D eigenvalue weighted by Gasteiger charge is -1.89. The summed E-state index contributed by atoms with van der Waals surface area (Å²) in [6.07, 6.45) is 6.70. The Kier molecular flexibility index (Phi) is 5.17. The van der Waals surface area contributed by atoms with Gasteiger partial charge in [-0.2, -0.15) is 5.26 Å². The van der Waals surface area contributed by atoms with Gasteiger partial charge in [0.2, 0.25) is 0 Å². The third kappa shape index (κ3) is 4.92. The third-order valence-electron chi connectivity index (χ3n) is 1.10. The summed E-state index contributed by atoms with van der Waals surface area (Å²) in [6, 6.07) is 2.02. The number of hydrogen-bond donors (Lipinski definition) is 1. The van der Waals surface area contributed by atoms with Crippen LogP contribution in [0.3, 0.4) is 0 Å². The van der Waals surface area contributed by atoms with Crippen molar-refractivity contribution < 1.29 is 0 Å². The predicted molar refractivity (Wildman–Crippen MR) is 41.9 cm³/mol. The molecule has 0 radical (unpaired) electrons. The lowest BCUT2D eigenvalue weighted by atomic mass is 10.2. The fraction of sp³-hybridized carbons (Fsp3) is 0.375. The summed E-state index contributed by atoms with van der Waals surface area (Å²) < 4.78 is 0. The van der Waals surface area contributed by atoms with E-state index in [0.717, 1.165) is 12.0 Å². The van der Waals surface area contributed by atoms with E-state index in [-0.39, 0.29) is 0 Å². The van der Waals surface area contributed by atoms with Gasteiger partial charge in [0.1, 0.15) is 0 Å². The first-order chi connectivity index (χ1) is 4.81. The Morgan fingerprint density at radius 2 is 2.30 bits per heavy atom. The molecular formula is C8H12N2. The second-order valence-corrected chi connectivity index (χ2v) is 2.05. The summed E-state index contributed by atoms with van der Waals surface area (Å²) in [5, 5.41) is 8.15. The van der Waals surface area contributed by atoms with Crippen LogP contribution in [0.15, 0.2) is 23.9 Å². The van der Waals surface area contributed by atoms with Gasteiger partial charge in [-0.05, 0) is 19.5 Å². The van der Waals surface area contributed by atoms with E-state index in [0.29, 0.717) is 6.42 Å². The molecule has 0 unspecified atom stereocenters. The maximum atomic E-state index is 8.15. The van der Waals surface area contributed by atoms with Crippen LogP contribution in [-0.2, 0) is 0 Å². The smallest absolute Gasteiger partial charge is 0.0663 e. The number of rotatable bonds is 3. The first-order valence-electron chi connectivity index (χ1n) is 3.20. The van der Waals surface area contributed by atoms with Crippen LogP contribution in [0, 0.1) is 11.3 Å². The van der Waals surface area contributed by atoms with E-state index in [2.05, 4.69) is 0 Å². The van der Waals surface area contributed by atoms with Crippen LogP contribution in [0.2, 0.25) is 0 Å². The van der Waals surface area contributed by atoms with Crippen LogP contribution in [0.5, 0.6) is 0 Å². The molecule has 0 saturated carbocycles. The Labute approximate surface area is 61.6 Å². The van der Waals surface area contributed by atoms with Crippen molar-refractivity contribution in [3.8, 4) is 6.07 Å². The van der Waals surface area contributed by atoms with Crippen molar-refractivity contribution in [3.05, 3.63) is 23.9 Å². The van der Waals surface area contributed by atoms with Crippen LogP contribution in [0.25, 0.3) is 0 Å². The Morgan fingerprint density at radius 1 is 1.60 bits per heavy atom. The number of hydrogen-bond acceptors (Lipinski definition) is 2. The van der Waals surface area contributed by atoms with E-state index in [4.69, 9.17) is 11.0 Å². The van der Waals surface area contributed by atoms with Gasteiger partial charge < -0.3 is 5.73 Å². The summed E-state index contributed by atoms with van der Waals surface area (Å²) >= 11 is 0. The van der Waals surface area contributed by atoms with Gasteiger partial charge in [0, 0.05) is 0 Å². The highest BCUT2D eigenvalue weighted by Gasteiger charge is 1.80. The van der Waals surface area contributed by atoms with E-state index >= 15 is 0 Å². The molecule has 54 valence electrons. The van der Waals surface area contributed by atoms with Crippen molar-refractivity contribution in [2.45, 2.75) is 19.8 Å². The molecule has 0 amide bonds. The van der Waals surface area contributed by atoms with Gasteiger partial charge >= 0.3 is 0 Å².